The zero-order valence-electron chi connectivity index (χ0n) is 17.5. The fourth-order valence-corrected chi connectivity index (χ4v) is 4.09. The largest absolute Gasteiger partial charge is 0.496 e. The quantitative estimate of drug-likeness (QED) is 0.674. The van der Waals surface area contributed by atoms with Crippen molar-refractivity contribution in [3.63, 3.8) is 0 Å². The molecule has 0 aromatic heterocycles. The number of urea groups is 1. The molecule has 1 heterocycles. The number of carbonyl (C=O) groups excluding carboxylic acids is 1. The number of carbonyl (C=O) groups is 1. The minimum Gasteiger partial charge on any atom is -0.496 e. The first-order valence-corrected chi connectivity index (χ1v) is 10.6. The van der Waals surface area contributed by atoms with Crippen LogP contribution in [0.15, 0.2) is 36.4 Å². The van der Waals surface area contributed by atoms with Crippen molar-refractivity contribution in [2.24, 2.45) is 5.92 Å². The van der Waals surface area contributed by atoms with Crippen molar-refractivity contribution in [2.45, 2.75) is 33.2 Å². The van der Waals surface area contributed by atoms with Gasteiger partial charge in [0.25, 0.3) is 0 Å². The number of likely N-dealkylation sites (tertiary alicyclic amines) is 1. The van der Waals surface area contributed by atoms with Crippen LogP contribution in [0.3, 0.4) is 0 Å². The monoisotopic (exact) mass is 416 g/mol. The third kappa shape index (κ3) is 6.12. The van der Waals surface area contributed by atoms with E-state index in [4.69, 9.17) is 16.3 Å². The molecule has 1 aliphatic heterocycles. The lowest BCUT2D eigenvalue weighted by Gasteiger charge is -2.29. The molecular formula is C23H31ClN3O2+. The molecule has 1 aliphatic rings. The summed E-state index contributed by atoms with van der Waals surface area (Å²) in [6.45, 7) is 7.97. The molecule has 0 aliphatic carbocycles. The van der Waals surface area contributed by atoms with Crippen LogP contribution in [-0.2, 0) is 6.54 Å². The molecule has 6 heteroatoms. The Hall–Kier alpha value is -2.24. The van der Waals surface area contributed by atoms with Crippen LogP contribution in [0, 0.1) is 19.8 Å². The van der Waals surface area contributed by atoms with E-state index in [2.05, 4.69) is 35.8 Å². The summed E-state index contributed by atoms with van der Waals surface area (Å²) in [4.78, 5) is 13.8. The van der Waals surface area contributed by atoms with Crippen molar-refractivity contribution >= 4 is 23.3 Å². The lowest BCUT2D eigenvalue weighted by atomic mass is 9.96. The Kier molecular flexibility index (Phi) is 7.40. The summed E-state index contributed by atoms with van der Waals surface area (Å²) < 4.78 is 5.52. The summed E-state index contributed by atoms with van der Waals surface area (Å²) >= 11 is 6.02. The molecule has 2 amide bonds. The van der Waals surface area contributed by atoms with Crippen molar-refractivity contribution < 1.29 is 14.4 Å². The lowest BCUT2D eigenvalue weighted by molar-refractivity contribution is -0.919. The molecule has 29 heavy (non-hydrogen) atoms. The predicted octanol–water partition coefficient (Wildman–Crippen LogP) is 3.58. The molecule has 2 aromatic rings. The first-order chi connectivity index (χ1) is 13.9. The Bertz CT molecular complexity index is 848. The van der Waals surface area contributed by atoms with Crippen molar-refractivity contribution in [1.29, 1.82) is 0 Å². The van der Waals surface area contributed by atoms with Gasteiger partial charge in [0.2, 0.25) is 0 Å². The smallest absolute Gasteiger partial charge is 0.319 e. The lowest BCUT2D eigenvalue weighted by Crippen LogP contribution is -3.11. The van der Waals surface area contributed by atoms with Crippen LogP contribution in [-0.4, -0.2) is 32.8 Å². The van der Waals surface area contributed by atoms with Crippen LogP contribution in [0.5, 0.6) is 5.75 Å². The van der Waals surface area contributed by atoms with Crippen molar-refractivity contribution in [3.8, 4) is 5.75 Å². The number of aryl methyl sites for hydroxylation is 2. The van der Waals surface area contributed by atoms with E-state index in [9.17, 15) is 4.79 Å². The summed E-state index contributed by atoms with van der Waals surface area (Å²) in [5.74, 6) is 1.49. The Labute approximate surface area is 178 Å². The molecule has 0 spiro atoms. The molecule has 2 aromatic carbocycles. The zero-order valence-corrected chi connectivity index (χ0v) is 18.2. The van der Waals surface area contributed by atoms with Crippen LogP contribution in [0.25, 0.3) is 0 Å². The highest BCUT2D eigenvalue weighted by molar-refractivity contribution is 6.31. The Morgan fingerprint density at radius 3 is 2.66 bits per heavy atom. The molecule has 0 unspecified atom stereocenters. The van der Waals surface area contributed by atoms with Gasteiger partial charge < -0.3 is 20.3 Å². The van der Waals surface area contributed by atoms with Gasteiger partial charge in [0.15, 0.2) is 0 Å². The molecule has 3 N–H and O–H groups in total. The highest BCUT2D eigenvalue weighted by atomic mass is 35.5. The average Bonchev–Trinajstić information content (AvgIpc) is 2.70. The standard InChI is InChI=1S/C23H30ClN3O2/c1-16-4-7-22(29-3)19(12-16)15-27-10-8-18(9-11-27)14-25-23(28)26-21-13-20(24)6-5-17(21)2/h4-7,12-13,18H,8-11,14-15H2,1-3H3,(H2,25,26,28)/p+1. The number of hydrogen-bond donors (Lipinski definition) is 3. The maximum absolute atomic E-state index is 12.2. The highest BCUT2D eigenvalue weighted by Gasteiger charge is 2.23. The summed E-state index contributed by atoms with van der Waals surface area (Å²) in [5, 5.41) is 6.53. The maximum atomic E-state index is 12.2. The van der Waals surface area contributed by atoms with E-state index < -0.39 is 0 Å². The van der Waals surface area contributed by atoms with Gasteiger partial charge in [-0.05, 0) is 49.6 Å². The third-order valence-electron chi connectivity index (χ3n) is 5.69. The normalized spacial score (nSPS) is 18.9. The van der Waals surface area contributed by atoms with E-state index in [1.807, 2.05) is 19.1 Å². The summed E-state index contributed by atoms with van der Waals surface area (Å²) in [5.41, 5.74) is 4.28. The van der Waals surface area contributed by atoms with E-state index in [-0.39, 0.29) is 6.03 Å². The molecule has 1 fully saturated rings. The molecule has 0 bridgehead atoms. The second-order valence-electron chi connectivity index (χ2n) is 7.98. The number of benzene rings is 2. The number of ether oxygens (including phenoxy) is 1. The fraction of sp³-hybridized carbons (Fsp3) is 0.435. The van der Waals surface area contributed by atoms with E-state index >= 15 is 0 Å². The van der Waals surface area contributed by atoms with Gasteiger partial charge in [-0.15, -0.1) is 0 Å². The topological polar surface area (TPSA) is 54.8 Å². The molecule has 5 nitrogen and oxygen atoms in total. The number of amides is 2. The van der Waals surface area contributed by atoms with Gasteiger partial charge in [-0.2, -0.15) is 0 Å². The molecule has 0 radical (unpaired) electrons. The Morgan fingerprint density at radius 2 is 1.93 bits per heavy atom. The summed E-state index contributed by atoms with van der Waals surface area (Å²) in [7, 11) is 1.73. The number of rotatable bonds is 6. The zero-order chi connectivity index (χ0) is 20.8. The van der Waals surface area contributed by atoms with Crippen LogP contribution in [0.2, 0.25) is 5.02 Å². The molecule has 156 valence electrons. The van der Waals surface area contributed by atoms with E-state index in [1.165, 1.54) is 11.1 Å². The van der Waals surface area contributed by atoms with Gasteiger partial charge in [0, 0.05) is 35.7 Å². The maximum Gasteiger partial charge on any atom is 0.319 e. The van der Waals surface area contributed by atoms with Gasteiger partial charge in [-0.3, -0.25) is 0 Å². The fourth-order valence-electron chi connectivity index (χ4n) is 3.91. The number of halogens is 1. The highest BCUT2D eigenvalue weighted by Crippen LogP contribution is 2.21. The number of piperidine rings is 1. The predicted molar refractivity (Wildman–Crippen MR) is 118 cm³/mol. The second-order valence-corrected chi connectivity index (χ2v) is 8.42. The second kappa shape index (κ2) is 9.99. The Morgan fingerprint density at radius 1 is 1.17 bits per heavy atom. The molecule has 0 saturated carbocycles. The summed E-state index contributed by atoms with van der Waals surface area (Å²) in [6.07, 6.45) is 2.22. The van der Waals surface area contributed by atoms with Gasteiger partial charge in [-0.25, -0.2) is 4.79 Å². The Balaban J connectivity index is 1.43. The molecular weight excluding hydrogens is 386 g/mol. The van der Waals surface area contributed by atoms with Crippen molar-refractivity contribution in [3.05, 3.63) is 58.1 Å². The number of methoxy groups -OCH3 is 1. The van der Waals surface area contributed by atoms with Crippen LogP contribution < -0.4 is 20.3 Å². The van der Waals surface area contributed by atoms with Gasteiger partial charge in [0.1, 0.15) is 12.3 Å². The number of nitrogens with one attached hydrogen (secondary N) is 3. The van der Waals surface area contributed by atoms with E-state index in [0.717, 1.165) is 49.5 Å². The molecule has 3 rings (SSSR count). The van der Waals surface area contributed by atoms with Crippen molar-refractivity contribution in [1.82, 2.24) is 5.32 Å². The van der Waals surface area contributed by atoms with E-state index in [0.29, 0.717) is 17.5 Å². The third-order valence-corrected chi connectivity index (χ3v) is 5.92. The molecule has 1 saturated heterocycles. The number of quaternary nitrogens is 1. The van der Waals surface area contributed by atoms with E-state index in [1.54, 1.807) is 18.1 Å². The SMILES string of the molecule is COc1ccc(C)cc1C[NH+]1CCC(CNC(=O)Nc2cc(Cl)ccc2C)CC1. The van der Waals surface area contributed by atoms with Crippen LogP contribution >= 0.6 is 11.6 Å². The first-order valence-electron chi connectivity index (χ1n) is 10.2. The first kappa shape index (κ1) is 21.5. The average molecular weight is 417 g/mol. The minimum atomic E-state index is -0.172. The molecule has 0 atom stereocenters. The van der Waals surface area contributed by atoms with Gasteiger partial charge in [0.05, 0.1) is 20.2 Å². The van der Waals surface area contributed by atoms with Gasteiger partial charge >= 0.3 is 6.03 Å². The van der Waals surface area contributed by atoms with Crippen molar-refractivity contribution in [2.75, 3.05) is 32.1 Å². The van der Waals surface area contributed by atoms with Crippen LogP contribution in [0.1, 0.15) is 29.5 Å². The van der Waals surface area contributed by atoms with Crippen LogP contribution in [0.4, 0.5) is 10.5 Å². The number of hydrogen-bond acceptors (Lipinski definition) is 2. The minimum absolute atomic E-state index is 0.172. The van der Waals surface area contributed by atoms with Gasteiger partial charge in [-0.1, -0.05) is 29.3 Å². The summed E-state index contributed by atoms with van der Waals surface area (Å²) in [6, 6.07) is 11.7. The number of anilines is 1.